The van der Waals surface area contributed by atoms with E-state index in [9.17, 15) is 4.57 Å². The van der Waals surface area contributed by atoms with E-state index in [0.717, 1.165) is 10.0 Å². The van der Waals surface area contributed by atoms with Crippen molar-refractivity contribution in [1.82, 2.24) is 15.3 Å². The molecule has 2 rings (SSSR count). The molecule has 1 heterocycles. The molecule has 1 aromatic carbocycles. The maximum atomic E-state index is 12.1. The molecule has 0 aliphatic heterocycles. The maximum Gasteiger partial charge on any atom is 0.343 e. The van der Waals surface area contributed by atoms with Crippen molar-refractivity contribution >= 4 is 34.6 Å². The van der Waals surface area contributed by atoms with Gasteiger partial charge in [0.25, 0.3) is 11.8 Å². The average molecular weight is 420 g/mol. The molecular weight excluding hydrogens is 401 g/mol. The summed E-state index contributed by atoms with van der Waals surface area (Å²) in [5.74, 6) is 0.610. The highest BCUT2D eigenvalue weighted by Gasteiger charge is 2.20. The Morgan fingerprint density at radius 1 is 1.08 bits per heavy atom. The number of fused-ring (bicyclic) bond motifs is 1. The number of hydrogen-bond donors (Lipinski definition) is 1. The van der Waals surface area contributed by atoms with Gasteiger partial charge >= 0.3 is 7.60 Å². The lowest BCUT2D eigenvalue weighted by Crippen LogP contribution is -2.17. The molecule has 0 radical (unpaired) electrons. The van der Waals surface area contributed by atoms with Gasteiger partial charge in [-0.25, -0.2) is 9.97 Å². The van der Waals surface area contributed by atoms with Crippen LogP contribution in [0.3, 0.4) is 0 Å². The molecule has 8 nitrogen and oxygen atoms in total. The predicted molar refractivity (Wildman–Crippen MR) is 93.7 cm³/mol. The highest BCUT2D eigenvalue weighted by Crippen LogP contribution is 2.44. The Labute approximate surface area is 148 Å². The first-order chi connectivity index (χ1) is 11.5. The van der Waals surface area contributed by atoms with Crippen LogP contribution in [0, 0.1) is 0 Å². The second-order valence-electron chi connectivity index (χ2n) is 4.74. The van der Waals surface area contributed by atoms with Gasteiger partial charge in [0.2, 0.25) is 0 Å². The molecule has 1 aromatic heterocycles. The molecule has 0 amide bonds. The van der Waals surface area contributed by atoms with E-state index in [1.165, 1.54) is 28.4 Å². The second kappa shape index (κ2) is 8.22. The van der Waals surface area contributed by atoms with E-state index >= 15 is 0 Å². The molecule has 0 spiro atoms. The van der Waals surface area contributed by atoms with Crippen LogP contribution >= 0.6 is 23.5 Å². The molecular formula is C14H19BrN3O5P. The summed E-state index contributed by atoms with van der Waals surface area (Å²) < 4.78 is 33.1. The largest absolute Gasteiger partial charge is 0.477 e. The minimum Gasteiger partial charge on any atom is -0.477 e. The third-order valence-electron chi connectivity index (χ3n) is 3.32. The van der Waals surface area contributed by atoms with Crippen LogP contribution in [-0.4, -0.2) is 44.7 Å². The van der Waals surface area contributed by atoms with Gasteiger partial charge in [-0.15, -0.1) is 0 Å². The maximum absolute atomic E-state index is 12.1. The zero-order chi connectivity index (χ0) is 17.7. The van der Waals surface area contributed by atoms with Gasteiger partial charge in [0.15, 0.2) is 0 Å². The van der Waals surface area contributed by atoms with Crippen molar-refractivity contribution in [3.63, 3.8) is 0 Å². The molecule has 0 aliphatic rings. The van der Waals surface area contributed by atoms with Crippen LogP contribution in [0.25, 0.3) is 11.0 Å². The summed E-state index contributed by atoms with van der Waals surface area (Å²) in [5.41, 5.74) is 2.17. The van der Waals surface area contributed by atoms with Gasteiger partial charge in [-0.05, 0) is 17.7 Å². The Morgan fingerprint density at radius 3 is 2.29 bits per heavy atom. The van der Waals surface area contributed by atoms with Crippen LogP contribution in [0.1, 0.15) is 5.56 Å². The number of nitrogens with zero attached hydrogens (tertiary/aromatic N) is 2. The monoisotopic (exact) mass is 419 g/mol. The molecule has 0 unspecified atom stereocenters. The highest BCUT2D eigenvalue weighted by atomic mass is 79.9. The van der Waals surface area contributed by atoms with Crippen molar-refractivity contribution in [2.24, 2.45) is 0 Å². The van der Waals surface area contributed by atoms with Gasteiger partial charge in [-0.1, -0.05) is 15.9 Å². The molecule has 1 N–H and O–H groups in total. The normalized spacial score (nSPS) is 11.7. The first-order valence-electron chi connectivity index (χ1n) is 6.95. The predicted octanol–water partition coefficient (Wildman–Crippen LogP) is 2.94. The fourth-order valence-electron chi connectivity index (χ4n) is 2.09. The lowest BCUT2D eigenvalue weighted by molar-refractivity contribution is 0.273. The van der Waals surface area contributed by atoms with Crippen molar-refractivity contribution in [2.75, 3.05) is 34.7 Å². The van der Waals surface area contributed by atoms with Gasteiger partial charge in [-0.3, -0.25) is 4.57 Å². The van der Waals surface area contributed by atoms with E-state index in [-0.39, 0.29) is 6.29 Å². The first-order valence-corrected chi connectivity index (χ1v) is 9.47. The lowest BCUT2D eigenvalue weighted by Gasteiger charge is -2.15. The van der Waals surface area contributed by atoms with Crippen molar-refractivity contribution in [1.29, 1.82) is 0 Å². The van der Waals surface area contributed by atoms with Crippen molar-refractivity contribution in [3.05, 3.63) is 22.2 Å². The summed E-state index contributed by atoms with van der Waals surface area (Å²) in [6, 6.07) is 3.74. The Balaban J connectivity index is 2.34. The highest BCUT2D eigenvalue weighted by molar-refractivity contribution is 9.10. The van der Waals surface area contributed by atoms with Gasteiger partial charge in [0.05, 0.1) is 31.5 Å². The molecule has 10 heteroatoms. The number of methoxy groups -OCH3 is 2. The lowest BCUT2D eigenvalue weighted by atomic mass is 10.1. The van der Waals surface area contributed by atoms with Crippen LogP contribution in [0.5, 0.6) is 11.8 Å². The van der Waals surface area contributed by atoms with Crippen molar-refractivity contribution in [2.45, 2.75) is 6.54 Å². The van der Waals surface area contributed by atoms with E-state index in [2.05, 4.69) is 31.2 Å². The Morgan fingerprint density at radius 2 is 1.71 bits per heavy atom. The molecule has 0 bridgehead atoms. The third kappa shape index (κ3) is 4.23. The molecule has 0 atom stereocenters. The summed E-state index contributed by atoms with van der Waals surface area (Å²) in [5, 5.41) is 3.06. The summed E-state index contributed by atoms with van der Waals surface area (Å²) in [6.45, 7) is 0.400. The smallest absolute Gasteiger partial charge is 0.343 e. The molecule has 2 aromatic rings. The van der Waals surface area contributed by atoms with E-state index in [1.54, 1.807) is 0 Å². The fraction of sp³-hybridized carbons (Fsp3) is 0.429. The van der Waals surface area contributed by atoms with Crippen molar-refractivity contribution in [3.8, 4) is 11.8 Å². The van der Waals surface area contributed by atoms with E-state index in [0.29, 0.717) is 29.3 Å². The number of ether oxygens (including phenoxy) is 2. The number of hydrogen-bond acceptors (Lipinski definition) is 8. The molecule has 24 heavy (non-hydrogen) atoms. The SMILES string of the molecule is COc1nc2cc(Br)cc(CNCP(=O)(OC)OC)c2nc1OC. The van der Waals surface area contributed by atoms with Crippen LogP contribution in [0.4, 0.5) is 0 Å². The Hall–Kier alpha value is -1.25. The molecule has 0 aliphatic carbocycles. The number of rotatable bonds is 8. The molecule has 0 saturated heterocycles. The van der Waals surface area contributed by atoms with E-state index in [4.69, 9.17) is 18.5 Å². The topological polar surface area (TPSA) is 91.8 Å². The number of benzene rings is 1. The first kappa shape index (κ1) is 19.1. The Bertz CT molecular complexity index is 766. The van der Waals surface area contributed by atoms with E-state index < -0.39 is 7.60 Å². The number of aromatic nitrogens is 2. The molecule has 0 saturated carbocycles. The summed E-state index contributed by atoms with van der Waals surface area (Å²) in [4.78, 5) is 8.86. The minimum absolute atomic E-state index is 0.0781. The average Bonchev–Trinajstić information content (AvgIpc) is 2.60. The third-order valence-corrected chi connectivity index (χ3v) is 5.50. The van der Waals surface area contributed by atoms with Crippen LogP contribution in [-0.2, 0) is 20.2 Å². The standard InChI is InChI=1S/C14H19BrN3O5P/c1-20-13-14(21-2)18-12-9(5-10(15)6-11(12)17-13)7-16-8-24(19,22-3)23-4/h5-6,16H,7-8H2,1-4H3. The number of nitrogens with one attached hydrogen (secondary N) is 1. The van der Waals surface area contributed by atoms with Crippen LogP contribution in [0.2, 0.25) is 0 Å². The van der Waals surface area contributed by atoms with Crippen LogP contribution in [0.15, 0.2) is 16.6 Å². The zero-order valence-corrected chi connectivity index (χ0v) is 16.3. The van der Waals surface area contributed by atoms with Crippen LogP contribution < -0.4 is 14.8 Å². The quantitative estimate of drug-likeness (QED) is 0.652. The summed E-state index contributed by atoms with van der Waals surface area (Å²) in [7, 11) is 2.59. The van der Waals surface area contributed by atoms with Gasteiger partial charge in [-0.2, -0.15) is 0 Å². The molecule has 132 valence electrons. The second-order valence-corrected chi connectivity index (χ2v) is 7.92. The van der Waals surface area contributed by atoms with Gasteiger partial charge in [0.1, 0.15) is 0 Å². The van der Waals surface area contributed by atoms with Crippen molar-refractivity contribution < 1.29 is 23.1 Å². The fourth-order valence-corrected chi connectivity index (χ4v) is 3.38. The van der Waals surface area contributed by atoms with E-state index in [1.807, 2.05) is 12.1 Å². The Kier molecular flexibility index (Phi) is 6.54. The minimum atomic E-state index is -3.12. The number of halogens is 1. The molecule has 0 fully saturated rings. The van der Waals surface area contributed by atoms with Gasteiger partial charge < -0.3 is 23.8 Å². The zero-order valence-electron chi connectivity index (χ0n) is 13.8. The summed E-state index contributed by atoms with van der Waals surface area (Å²) in [6.07, 6.45) is 0.0781. The van der Waals surface area contributed by atoms with Gasteiger partial charge in [0, 0.05) is 25.2 Å². The summed E-state index contributed by atoms with van der Waals surface area (Å²) >= 11 is 3.45.